The van der Waals surface area contributed by atoms with Gasteiger partial charge in [-0.1, -0.05) is 55.4 Å². The molecule has 0 radical (unpaired) electrons. The van der Waals surface area contributed by atoms with Gasteiger partial charge in [-0.25, -0.2) is 9.79 Å². The number of rotatable bonds is 10. The molecular formula is C27H47N5O6Si2. The minimum absolute atomic E-state index is 0.122. The molecule has 4 atom stereocenters. The summed E-state index contributed by atoms with van der Waals surface area (Å²) in [5.74, 6) is 0.296. The van der Waals surface area contributed by atoms with Crippen LogP contribution < -0.4 is 5.69 Å². The Kier molecular flexibility index (Phi) is 10.9. The van der Waals surface area contributed by atoms with E-state index >= 15 is 0 Å². The lowest BCUT2D eigenvalue weighted by atomic mass is 10.1. The van der Waals surface area contributed by atoms with Crippen molar-refractivity contribution in [1.29, 1.82) is 5.26 Å². The molecule has 0 spiro atoms. The predicted octanol–water partition coefficient (Wildman–Crippen LogP) is 4.62. The summed E-state index contributed by atoms with van der Waals surface area (Å²) < 4.78 is 35.6. The summed E-state index contributed by atoms with van der Waals surface area (Å²) >= 11 is 0. The van der Waals surface area contributed by atoms with Crippen LogP contribution in [0.2, 0.25) is 22.2 Å². The lowest BCUT2D eigenvalue weighted by Crippen LogP contribution is -2.66. The van der Waals surface area contributed by atoms with E-state index in [0.29, 0.717) is 5.82 Å². The number of ether oxygens (including phenoxy) is 2. The summed E-state index contributed by atoms with van der Waals surface area (Å²) in [6.07, 6.45) is 0.877. The standard InChI is InChI=1S/C27H47N5O6Si2/c1-18(2)39(19(3)4)35-16-22-24(37-40(38-39,20(5)6)21(7)8)25(34-15-11-13-28)26(36-22)32-14-12-23(30-27(32)33)29-17-31(9)10/h12,14,17-22,24-26H,11,15-16H2,1-10H3/b29-17+/t22-,24?,25+,26-/m1/s1. The van der Waals surface area contributed by atoms with E-state index in [1.54, 1.807) is 23.5 Å². The van der Waals surface area contributed by atoms with Gasteiger partial charge in [0.15, 0.2) is 12.0 Å². The minimum atomic E-state index is -2.95. The second-order valence-corrected chi connectivity index (χ2v) is 20.9. The minimum Gasteiger partial charge on any atom is -0.414 e. The Balaban J connectivity index is 2.10. The molecule has 0 N–H and O–H groups in total. The van der Waals surface area contributed by atoms with E-state index in [4.69, 9.17) is 22.4 Å². The second kappa shape index (κ2) is 13.4. The maximum absolute atomic E-state index is 13.2. The smallest absolute Gasteiger partial charge is 0.351 e. The first kappa shape index (κ1) is 32.6. The van der Waals surface area contributed by atoms with Gasteiger partial charge in [-0.05, 0) is 28.2 Å². The van der Waals surface area contributed by atoms with Crippen LogP contribution in [0.4, 0.5) is 5.82 Å². The zero-order chi connectivity index (χ0) is 29.8. The average molecular weight is 594 g/mol. The molecule has 0 bridgehead atoms. The summed E-state index contributed by atoms with van der Waals surface area (Å²) in [7, 11) is -2.03. The molecular weight excluding hydrogens is 546 g/mol. The first-order chi connectivity index (χ1) is 18.8. The lowest BCUT2D eigenvalue weighted by molar-refractivity contribution is -0.0721. The summed E-state index contributed by atoms with van der Waals surface area (Å²) in [4.78, 5) is 23.4. The average Bonchev–Trinajstić information content (AvgIpc) is 3.18. The van der Waals surface area contributed by atoms with Crippen LogP contribution in [0.5, 0.6) is 0 Å². The molecule has 2 saturated heterocycles. The Labute approximate surface area is 240 Å². The van der Waals surface area contributed by atoms with Gasteiger partial charge in [0.2, 0.25) is 0 Å². The second-order valence-electron chi connectivity index (χ2n) is 12.0. The fourth-order valence-corrected chi connectivity index (χ4v) is 16.8. The molecule has 40 heavy (non-hydrogen) atoms. The van der Waals surface area contributed by atoms with Crippen LogP contribution in [0.15, 0.2) is 22.1 Å². The Morgan fingerprint density at radius 2 is 1.77 bits per heavy atom. The quantitative estimate of drug-likeness (QED) is 0.166. The van der Waals surface area contributed by atoms with Crippen molar-refractivity contribution >= 4 is 29.3 Å². The van der Waals surface area contributed by atoms with Gasteiger partial charge in [0.25, 0.3) is 0 Å². The molecule has 0 saturated carbocycles. The third-order valence-corrected chi connectivity index (χ3v) is 17.9. The molecule has 0 amide bonds. The van der Waals surface area contributed by atoms with Crippen molar-refractivity contribution in [3.05, 3.63) is 22.7 Å². The molecule has 0 aliphatic carbocycles. The van der Waals surface area contributed by atoms with Gasteiger partial charge < -0.3 is 27.3 Å². The topological polar surface area (TPSA) is 120 Å². The van der Waals surface area contributed by atoms with Gasteiger partial charge in [0.05, 0.1) is 32.0 Å². The van der Waals surface area contributed by atoms with Gasteiger partial charge in [0, 0.05) is 20.3 Å². The van der Waals surface area contributed by atoms with Crippen molar-refractivity contribution in [2.45, 2.75) is 109 Å². The van der Waals surface area contributed by atoms with Crippen molar-refractivity contribution in [3.63, 3.8) is 0 Å². The maximum Gasteiger partial charge on any atom is 0.351 e. The Bertz CT molecular complexity index is 1100. The van der Waals surface area contributed by atoms with Crippen molar-refractivity contribution < 1.29 is 22.4 Å². The molecule has 13 heteroatoms. The maximum atomic E-state index is 13.2. The highest BCUT2D eigenvalue weighted by molar-refractivity contribution is 6.84. The van der Waals surface area contributed by atoms with Gasteiger partial charge in [-0.3, -0.25) is 4.57 Å². The van der Waals surface area contributed by atoms with E-state index in [1.807, 2.05) is 14.1 Å². The number of aromatic nitrogens is 2. The molecule has 1 aromatic rings. The van der Waals surface area contributed by atoms with Gasteiger partial charge in [-0.2, -0.15) is 10.2 Å². The molecule has 3 heterocycles. The van der Waals surface area contributed by atoms with Crippen LogP contribution in [-0.4, -0.2) is 83.5 Å². The zero-order valence-electron chi connectivity index (χ0n) is 25.7. The number of fused-ring (bicyclic) bond motifs is 1. The molecule has 2 aliphatic heterocycles. The summed E-state index contributed by atoms with van der Waals surface area (Å²) in [6, 6.07) is 3.79. The largest absolute Gasteiger partial charge is 0.414 e. The Morgan fingerprint density at radius 1 is 1.15 bits per heavy atom. The van der Waals surface area contributed by atoms with Crippen LogP contribution in [0.25, 0.3) is 0 Å². The number of nitriles is 1. The van der Waals surface area contributed by atoms with Crippen LogP contribution in [-0.2, 0) is 22.4 Å². The third-order valence-electron chi connectivity index (χ3n) is 7.65. The summed E-state index contributed by atoms with van der Waals surface area (Å²) in [5.41, 5.74) is 0.119. The third kappa shape index (κ3) is 6.59. The van der Waals surface area contributed by atoms with Crippen molar-refractivity contribution in [3.8, 4) is 6.07 Å². The van der Waals surface area contributed by atoms with E-state index in [9.17, 15) is 10.1 Å². The van der Waals surface area contributed by atoms with Gasteiger partial charge in [-0.15, -0.1) is 0 Å². The number of hydrogen-bond donors (Lipinski definition) is 0. The summed E-state index contributed by atoms with van der Waals surface area (Å²) in [6.45, 7) is 17.7. The van der Waals surface area contributed by atoms with E-state index in [0.717, 1.165) is 0 Å². The van der Waals surface area contributed by atoms with E-state index in [1.165, 1.54) is 4.57 Å². The molecule has 1 aromatic heterocycles. The number of hydrogen-bond acceptors (Lipinski definition) is 9. The monoisotopic (exact) mass is 593 g/mol. The first-order valence-electron chi connectivity index (χ1n) is 14.2. The molecule has 2 fully saturated rings. The molecule has 2 aliphatic rings. The van der Waals surface area contributed by atoms with Crippen molar-refractivity contribution in [2.24, 2.45) is 4.99 Å². The number of nitrogens with zero attached hydrogens (tertiary/aromatic N) is 5. The van der Waals surface area contributed by atoms with E-state index < -0.39 is 47.4 Å². The molecule has 224 valence electrons. The van der Waals surface area contributed by atoms with Crippen LogP contribution >= 0.6 is 0 Å². The highest BCUT2D eigenvalue weighted by Gasteiger charge is 2.62. The van der Waals surface area contributed by atoms with Gasteiger partial charge in [0.1, 0.15) is 18.3 Å². The van der Waals surface area contributed by atoms with E-state index in [2.05, 4.69) is 71.4 Å². The van der Waals surface area contributed by atoms with Gasteiger partial charge >= 0.3 is 22.8 Å². The molecule has 0 aromatic carbocycles. The number of aliphatic imine (C=N–C) groups is 1. The normalized spacial score (nSPS) is 26.3. The fraction of sp³-hybridized carbons (Fsp3) is 0.778. The SMILES string of the molecule is CC(C)[Si]1(C(C)C)OC[C@H]2O[C@@H](n3ccc(/N=C/N(C)C)nc3=O)[C@@H](OCCC#N)C2O[Si](C(C)C)(C(C)C)O1. The fourth-order valence-electron chi connectivity index (χ4n) is 5.61. The predicted molar refractivity (Wildman–Crippen MR) is 158 cm³/mol. The summed E-state index contributed by atoms with van der Waals surface area (Å²) in [5, 5.41) is 9.19. The van der Waals surface area contributed by atoms with Crippen LogP contribution in [0.1, 0.15) is 68.0 Å². The Hall–Kier alpha value is -1.93. The van der Waals surface area contributed by atoms with Crippen LogP contribution in [0, 0.1) is 11.3 Å². The van der Waals surface area contributed by atoms with Crippen molar-refractivity contribution in [1.82, 2.24) is 14.5 Å². The highest BCUT2D eigenvalue weighted by Crippen LogP contribution is 2.48. The lowest BCUT2D eigenvalue weighted by Gasteiger charge is -2.51. The zero-order valence-corrected chi connectivity index (χ0v) is 27.7. The molecule has 1 unspecified atom stereocenters. The highest BCUT2D eigenvalue weighted by atomic mass is 28.5. The molecule has 11 nitrogen and oxygen atoms in total. The van der Waals surface area contributed by atoms with E-state index in [-0.39, 0.29) is 41.8 Å². The van der Waals surface area contributed by atoms with Crippen molar-refractivity contribution in [2.75, 3.05) is 27.3 Å². The van der Waals surface area contributed by atoms with Crippen LogP contribution in [0.3, 0.4) is 0 Å². The first-order valence-corrected chi connectivity index (χ1v) is 18.2. The Morgan fingerprint density at radius 3 is 2.30 bits per heavy atom. The molecule has 3 rings (SSSR count).